The van der Waals surface area contributed by atoms with E-state index in [9.17, 15) is 0 Å². The molecule has 0 aliphatic heterocycles. The van der Waals surface area contributed by atoms with Crippen molar-refractivity contribution in [1.82, 2.24) is 0 Å². The summed E-state index contributed by atoms with van der Waals surface area (Å²) in [6.07, 6.45) is 4.22. The van der Waals surface area contributed by atoms with Crippen LogP contribution in [0.2, 0.25) is 0 Å². The summed E-state index contributed by atoms with van der Waals surface area (Å²) in [6, 6.07) is 9.44. The molecule has 3 heteroatoms. The summed E-state index contributed by atoms with van der Waals surface area (Å²) in [5.41, 5.74) is 8.29. The molecule has 2 N–H and O–H groups in total. The topological polar surface area (TPSA) is 49.8 Å². The van der Waals surface area contributed by atoms with Crippen LogP contribution in [0, 0.1) is 11.3 Å². The van der Waals surface area contributed by atoms with Gasteiger partial charge in [-0.3, -0.25) is 0 Å². The summed E-state index contributed by atoms with van der Waals surface area (Å²) >= 11 is 5.69. The molecular formula is C13H13ClN2. The molecule has 0 atom stereocenters. The van der Waals surface area contributed by atoms with E-state index in [0.29, 0.717) is 17.0 Å². The third-order valence-corrected chi connectivity index (χ3v) is 2.14. The van der Waals surface area contributed by atoms with E-state index >= 15 is 0 Å². The van der Waals surface area contributed by atoms with Gasteiger partial charge in [0.15, 0.2) is 0 Å². The van der Waals surface area contributed by atoms with Gasteiger partial charge in [0.05, 0.1) is 11.6 Å². The minimum absolute atomic E-state index is 0.655. The molecule has 0 aliphatic carbocycles. The molecule has 1 rings (SSSR count). The zero-order chi connectivity index (χ0) is 12.0. The molecule has 0 heterocycles. The van der Waals surface area contributed by atoms with Crippen LogP contribution in [0.15, 0.2) is 47.1 Å². The lowest BCUT2D eigenvalue weighted by Crippen LogP contribution is -2.00. The van der Waals surface area contributed by atoms with E-state index in [-0.39, 0.29) is 0 Å². The van der Waals surface area contributed by atoms with Crippen LogP contribution in [0.25, 0.3) is 0 Å². The predicted molar refractivity (Wildman–Crippen MR) is 66.7 cm³/mol. The molecular weight excluding hydrogens is 220 g/mol. The summed E-state index contributed by atoms with van der Waals surface area (Å²) in [4.78, 5) is 0. The second kappa shape index (κ2) is 5.99. The third kappa shape index (κ3) is 4.20. The normalized spacial score (nSPS) is 12.3. The van der Waals surface area contributed by atoms with Crippen molar-refractivity contribution >= 4 is 11.6 Å². The third-order valence-electron chi connectivity index (χ3n) is 2.02. The molecule has 2 nitrogen and oxygen atoms in total. The highest BCUT2D eigenvalue weighted by Crippen LogP contribution is 2.07. The molecule has 0 amide bonds. The lowest BCUT2D eigenvalue weighted by molar-refractivity contribution is 1.11. The minimum Gasteiger partial charge on any atom is -0.402 e. The second-order valence-corrected chi connectivity index (χ2v) is 4.08. The number of allylic oxidation sites excluding steroid dienone is 4. The van der Waals surface area contributed by atoms with E-state index in [2.05, 4.69) is 6.07 Å². The van der Waals surface area contributed by atoms with E-state index in [0.717, 1.165) is 11.3 Å². The molecule has 1 aromatic rings. The minimum atomic E-state index is 0.655. The van der Waals surface area contributed by atoms with Gasteiger partial charge >= 0.3 is 0 Å². The summed E-state index contributed by atoms with van der Waals surface area (Å²) in [7, 11) is 0. The quantitative estimate of drug-likeness (QED) is 0.815. The first-order chi connectivity index (χ1) is 7.61. The van der Waals surface area contributed by atoms with Crippen molar-refractivity contribution in [3.63, 3.8) is 0 Å². The first-order valence-corrected chi connectivity index (χ1v) is 5.27. The maximum Gasteiger partial charge on any atom is 0.0991 e. The summed E-state index contributed by atoms with van der Waals surface area (Å²) < 4.78 is 0. The number of nitrogens with zero attached hydrogens (tertiary/aromatic N) is 1. The van der Waals surface area contributed by atoms with Gasteiger partial charge in [-0.2, -0.15) is 5.26 Å². The van der Waals surface area contributed by atoms with Crippen molar-refractivity contribution in [1.29, 1.82) is 5.26 Å². The van der Waals surface area contributed by atoms with Crippen molar-refractivity contribution in [2.45, 2.75) is 13.3 Å². The summed E-state index contributed by atoms with van der Waals surface area (Å²) in [5, 5.41) is 9.34. The molecule has 0 unspecified atom stereocenters. The molecule has 0 aromatic heterocycles. The Hall–Kier alpha value is -1.72. The predicted octanol–water partition coefficient (Wildman–Crippen LogP) is 3.09. The molecule has 16 heavy (non-hydrogen) atoms. The standard InChI is InChI=1S/C13H13ClN2/c1-10(14)2-7-13(16)8-11-3-5-12(9-15)6-4-11/h2-7H,8,16H2,1H3/b10-2+,13-7-. The van der Waals surface area contributed by atoms with Crippen LogP contribution < -0.4 is 5.73 Å². The Morgan fingerprint density at radius 2 is 2.00 bits per heavy atom. The highest BCUT2D eigenvalue weighted by atomic mass is 35.5. The van der Waals surface area contributed by atoms with Crippen molar-refractivity contribution in [3.05, 3.63) is 58.3 Å². The van der Waals surface area contributed by atoms with E-state index < -0.39 is 0 Å². The van der Waals surface area contributed by atoms with Crippen LogP contribution in [0.4, 0.5) is 0 Å². The Morgan fingerprint density at radius 1 is 1.38 bits per heavy atom. The van der Waals surface area contributed by atoms with Gasteiger partial charge < -0.3 is 5.73 Å². The van der Waals surface area contributed by atoms with Crippen molar-refractivity contribution in [2.24, 2.45) is 5.73 Å². The van der Waals surface area contributed by atoms with Crippen molar-refractivity contribution in [2.75, 3.05) is 0 Å². The lowest BCUT2D eigenvalue weighted by atomic mass is 10.1. The van der Waals surface area contributed by atoms with Gasteiger partial charge in [0.25, 0.3) is 0 Å². The fourth-order valence-corrected chi connectivity index (χ4v) is 1.28. The molecule has 82 valence electrons. The summed E-state index contributed by atoms with van der Waals surface area (Å²) in [5.74, 6) is 0. The number of rotatable bonds is 3. The number of nitriles is 1. The van der Waals surface area contributed by atoms with Crippen LogP contribution in [0.3, 0.4) is 0 Å². The van der Waals surface area contributed by atoms with Gasteiger partial charge in [-0.25, -0.2) is 0 Å². The maximum atomic E-state index is 8.65. The number of hydrogen-bond donors (Lipinski definition) is 1. The molecule has 0 spiro atoms. The molecule has 0 saturated heterocycles. The van der Waals surface area contributed by atoms with Gasteiger partial charge in [-0.05, 0) is 36.8 Å². The molecule has 0 fully saturated rings. The molecule has 0 bridgehead atoms. The van der Waals surface area contributed by atoms with Gasteiger partial charge in [0, 0.05) is 17.2 Å². The summed E-state index contributed by atoms with van der Waals surface area (Å²) in [6.45, 7) is 1.80. The van der Waals surface area contributed by atoms with Crippen LogP contribution >= 0.6 is 11.6 Å². The highest BCUT2D eigenvalue weighted by Gasteiger charge is 1.95. The van der Waals surface area contributed by atoms with E-state index in [4.69, 9.17) is 22.6 Å². The van der Waals surface area contributed by atoms with Crippen LogP contribution in [-0.4, -0.2) is 0 Å². The van der Waals surface area contributed by atoms with Crippen molar-refractivity contribution in [3.8, 4) is 6.07 Å². The Bertz CT molecular complexity index is 446. The van der Waals surface area contributed by atoms with E-state index in [1.165, 1.54) is 0 Å². The Morgan fingerprint density at radius 3 is 2.50 bits per heavy atom. The Labute approximate surface area is 101 Å². The molecule has 0 aliphatic rings. The van der Waals surface area contributed by atoms with Gasteiger partial charge in [0.2, 0.25) is 0 Å². The molecule has 0 radical (unpaired) electrons. The number of hydrogen-bond acceptors (Lipinski definition) is 2. The first kappa shape index (κ1) is 12.4. The number of halogens is 1. The van der Waals surface area contributed by atoms with Gasteiger partial charge in [0.1, 0.15) is 0 Å². The molecule has 0 saturated carbocycles. The smallest absolute Gasteiger partial charge is 0.0991 e. The fourth-order valence-electron chi connectivity index (χ4n) is 1.21. The molecule has 1 aromatic carbocycles. The first-order valence-electron chi connectivity index (χ1n) is 4.89. The second-order valence-electron chi connectivity index (χ2n) is 3.48. The van der Waals surface area contributed by atoms with Gasteiger partial charge in [-0.1, -0.05) is 23.7 Å². The zero-order valence-electron chi connectivity index (χ0n) is 9.07. The maximum absolute atomic E-state index is 8.65. The highest BCUT2D eigenvalue weighted by molar-refractivity contribution is 6.29. The van der Waals surface area contributed by atoms with Gasteiger partial charge in [-0.15, -0.1) is 0 Å². The average molecular weight is 233 g/mol. The SMILES string of the molecule is C/C(Cl)=C\C=C(/N)Cc1ccc(C#N)cc1. The van der Waals surface area contributed by atoms with Crippen LogP contribution in [0.1, 0.15) is 18.1 Å². The monoisotopic (exact) mass is 232 g/mol. The van der Waals surface area contributed by atoms with Crippen molar-refractivity contribution < 1.29 is 0 Å². The van der Waals surface area contributed by atoms with Crippen LogP contribution in [0.5, 0.6) is 0 Å². The lowest BCUT2D eigenvalue weighted by Gasteiger charge is -2.01. The largest absolute Gasteiger partial charge is 0.402 e. The van der Waals surface area contributed by atoms with E-state index in [1.807, 2.05) is 12.1 Å². The Balaban J connectivity index is 2.70. The van der Waals surface area contributed by atoms with Crippen LogP contribution in [-0.2, 0) is 6.42 Å². The average Bonchev–Trinajstić information content (AvgIpc) is 2.27. The Kier molecular flexibility index (Phi) is 4.63. The zero-order valence-corrected chi connectivity index (χ0v) is 9.83. The number of nitrogens with two attached hydrogens (primary N) is 1. The number of benzene rings is 1. The van der Waals surface area contributed by atoms with E-state index in [1.54, 1.807) is 31.2 Å². The fraction of sp³-hybridized carbons (Fsp3) is 0.154.